The van der Waals surface area contributed by atoms with Gasteiger partial charge in [0.05, 0.1) is 9.79 Å². The van der Waals surface area contributed by atoms with Gasteiger partial charge < -0.3 is 9.31 Å². The zero-order valence-corrected chi connectivity index (χ0v) is 13.2. The minimum Gasteiger partial charge on any atom is -0.528 e. The maximum atomic E-state index is 13.1. The van der Waals surface area contributed by atoms with Crippen molar-refractivity contribution in [2.24, 2.45) is 0 Å². The predicted octanol–water partition coefficient (Wildman–Crippen LogP) is 4.13. The van der Waals surface area contributed by atoms with Crippen molar-refractivity contribution in [1.82, 2.24) is 0 Å². The highest BCUT2D eigenvalue weighted by atomic mass is 32.2. The lowest BCUT2D eigenvalue weighted by Gasteiger charge is -2.12. The summed E-state index contributed by atoms with van der Waals surface area (Å²) in [5, 5.41) is 0. The largest absolute Gasteiger partial charge is 0.576 e. The molecular formula is C14H13BF2O2S2. The van der Waals surface area contributed by atoms with E-state index >= 15 is 0 Å². The summed E-state index contributed by atoms with van der Waals surface area (Å²) in [6.07, 6.45) is 3.68. The first kappa shape index (κ1) is 16.0. The van der Waals surface area contributed by atoms with Crippen LogP contribution in [0, 0.1) is 11.6 Å². The van der Waals surface area contributed by atoms with Gasteiger partial charge in [-0.2, -0.15) is 0 Å². The molecular weight excluding hydrogens is 313 g/mol. The topological polar surface area (TPSA) is 18.5 Å². The summed E-state index contributed by atoms with van der Waals surface area (Å²) in [7, 11) is -0.0294. The van der Waals surface area contributed by atoms with Gasteiger partial charge in [0.25, 0.3) is 0 Å². The fraction of sp³-hybridized carbons (Fsp3) is 0.143. The smallest absolute Gasteiger partial charge is 0.528 e. The summed E-state index contributed by atoms with van der Waals surface area (Å²) < 4.78 is 37.2. The highest BCUT2D eigenvalue weighted by Crippen LogP contribution is 2.30. The average molecular weight is 326 g/mol. The maximum Gasteiger partial charge on any atom is 0.576 e. The van der Waals surface area contributed by atoms with Gasteiger partial charge in [-0.05, 0) is 48.9 Å². The minimum atomic E-state index is -0.309. The first-order valence-corrected chi connectivity index (χ1v) is 8.51. The monoisotopic (exact) mass is 326 g/mol. The Hall–Kier alpha value is -1.34. The first-order valence-electron chi connectivity index (χ1n) is 6.06. The van der Waals surface area contributed by atoms with Crippen molar-refractivity contribution in [1.29, 1.82) is 0 Å². The molecule has 2 aromatic carbocycles. The summed E-state index contributed by atoms with van der Waals surface area (Å²) in [6, 6.07) is 8.60. The van der Waals surface area contributed by atoms with Crippen molar-refractivity contribution >= 4 is 31.2 Å². The van der Waals surface area contributed by atoms with Crippen LogP contribution in [0.1, 0.15) is 0 Å². The number of thioether (sulfide) groups is 2. The third-order valence-corrected chi connectivity index (χ3v) is 4.20. The molecule has 0 N–H and O–H groups in total. The Balaban J connectivity index is 2.02. The lowest BCUT2D eigenvalue weighted by molar-refractivity contribution is 0.444. The maximum absolute atomic E-state index is 13.1. The molecule has 0 atom stereocenters. The highest BCUT2D eigenvalue weighted by Gasteiger charge is 2.09. The third-order valence-electron chi connectivity index (χ3n) is 2.68. The molecule has 0 saturated heterocycles. The lowest BCUT2D eigenvalue weighted by atomic mass is 10.3. The molecule has 0 aliphatic carbocycles. The molecule has 0 amide bonds. The SMILES string of the molecule is CSc1cc(F)ccc1OBOc1ccc(F)cc1SC. The Labute approximate surface area is 131 Å². The van der Waals surface area contributed by atoms with E-state index in [0.717, 1.165) is 0 Å². The van der Waals surface area contributed by atoms with Gasteiger partial charge in [0.2, 0.25) is 0 Å². The fourth-order valence-corrected chi connectivity index (χ4v) is 2.79. The molecule has 0 spiro atoms. The number of rotatable bonds is 6. The van der Waals surface area contributed by atoms with E-state index in [-0.39, 0.29) is 19.3 Å². The Morgan fingerprint density at radius 1 is 0.810 bits per heavy atom. The van der Waals surface area contributed by atoms with Crippen LogP contribution >= 0.6 is 23.5 Å². The first-order chi connectivity index (χ1) is 10.1. The van der Waals surface area contributed by atoms with Crippen molar-refractivity contribution in [3.8, 4) is 11.5 Å². The van der Waals surface area contributed by atoms with Gasteiger partial charge in [0, 0.05) is 0 Å². The quantitative estimate of drug-likeness (QED) is 0.587. The molecule has 0 radical (unpaired) electrons. The molecule has 0 saturated carbocycles. The lowest BCUT2D eigenvalue weighted by Crippen LogP contribution is -2.12. The van der Waals surface area contributed by atoms with Gasteiger partial charge in [0.1, 0.15) is 23.1 Å². The van der Waals surface area contributed by atoms with Crippen LogP contribution in [-0.2, 0) is 0 Å². The molecule has 2 rings (SSSR count). The molecule has 0 heterocycles. The second-order valence-corrected chi connectivity index (χ2v) is 5.69. The van der Waals surface area contributed by atoms with Crippen LogP contribution in [0.25, 0.3) is 0 Å². The molecule has 0 aliphatic rings. The normalized spacial score (nSPS) is 10.3. The fourth-order valence-electron chi connectivity index (χ4n) is 1.68. The highest BCUT2D eigenvalue weighted by molar-refractivity contribution is 7.99. The molecule has 0 aromatic heterocycles. The Bertz CT molecular complexity index is 572. The van der Waals surface area contributed by atoms with E-state index in [1.54, 1.807) is 12.1 Å². The van der Waals surface area contributed by atoms with Crippen LogP contribution in [0.5, 0.6) is 11.5 Å². The molecule has 7 heteroatoms. The minimum absolute atomic E-state index is 0.0294. The Kier molecular flexibility index (Phi) is 5.81. The number of hydrogen-bond donors (Lipinski definition) is 0. The molecule has 0 fully saturated rings. The van der Waals surface area contributed by atoms with E-state index in [1.165, 1.54) is 47.8 Å². The zero-order chi connectivity index (χ0) is 15.2. The van der Waals surface area contributed by atoms with Crippen LogP contribution < -0.4 is 9.31 Å². The molecule has 0 aliphatic heterocycles. The van der Waals surface area contributed by atoms with Crippen molar-refractivity contribution in [2.75, 3.05) is 12.5 Å². The average Bonchev–Trinajstić information content (AvgIpc) is 2.49. The zero-order valence-electron chi connectivity index (χ0n) is 11.6. The summed E-state index contributed by atoms with van der Waals surface area (Å²) in [4.78, 5) is 1.39. The van der Waals surface area contributed by atoms with Crippen LogP contribution in [0.15, 0.2) is 46.2 Å². The van der Waals surface area contributed by atoms with Crippen LogP contribution in [-0.4, -0.2) is 20.2 Å². The summed E-state index contributed by atoms with van der Waals surface area (Å²) >= 11 is 2.78. The van der Waals surface area contributed by atoms with Crippen LogP contribution in [0.2, 0.25) is 0 Å². The number of halogens is 2. The van der Waals surface area contributed by atoms with E-state index in [0.29, 0.717) is 21.3 Å². The Morgan fingerprint density at radius 2 is 1.24 bits per heavy atom. The second kappa shape index (κ2) is 7.61. The molecule has 0 unspecified atom stereocenters. The predicted molar refractivity (Wildman–Crippen MR) is 84.8 cm³/mol. The van der Waals surface area contributed by atoms with Crippen molar-refractivity contribution in [3.63, 3.8) is 0 Å². The van der Waals surface area contributed by atoms with E-state index < -0.39 is 0 Å². The van der Waals surface area contributed by atoms with Gasteiger partial charge >= 0.3 is 7.69 Å². The van der Waals surface area contributed by atoms with Crippen molar-refractivity contribution in [3.05, 3.63) is 48.0 Å². The molecule has 21 heavy (non-hydrogen) atoms. The summed E-state index contributed by atoms with van der Waals surface area (Å²) in [5.41, 5.74) is 0. The molecule has 2 aromatic rings. The standard InChI is InChI=1S/C14H13BF2O2S2/c1-20-13-7-9(16)3-5-11(13)18-15-19-12-6-4-10(17)8-14(12)21-2/h3-8,15H,1-2H3. The van der Waals surface area contributed by atoms with E-state index in [1.807, 2.05) is 12.5 Å². The van der Waals surface area contributed by atoms with Gasteiger partial charge in [-0.1, -0.05) is 0 Å². The second-order valence-electron chi connectivity index (χ2n) is 4.00. The molecule has 110 valence electrons. The van der Waals surface area contributed by atoms with Gasteiger partial charge in [-0.25, -0.2) is 8.78 Å². The van der Waals surface area contributed by atoms with E-state index in [9.17, 15) is 8.78 Å². The summed E-state index contributed by atoms with van der Waals surface area (Å²) in [6.45, 7) is 0. The number of hydrogen-bond acceptors (Lipinski definition) is 4. The molecule has 0 bridgehead atoms. The Morgan fingerprint density at radius 3 is 1.62 bits per heavy atom. The van der Waals surface area contributed by atoms with Gasteiger partial charge in [0.15, 0.2) is 0 Å². The third kappa shape index (κ3) is 4.31. The van der Waals surface area contributed by atoms with Crippen molar-refractivity contribution in [2.45, 2.75) is 9.79 Å². The summed E-state index contributed by atoms with van der Waals surface area (Å²) in [5.74, 6) is 0.486. The molecule has 2 nitrogen and oxygen atoms in total. The van der Waals surface area contributed by atoms with Crippen LogP contribution in [0.3, 0.4) is 0 Å². The van der Waals surface area contributed by atoms with Crippen LogP contribution in [0.4, 0.5) is 8.78 Å². The van der Waals surface area contributed by atoms with Crippen molar-refractivity contribution < 1.29 is 18.1 Å². The van der Waals surface area contributed by atoms with E-state index in [4.69, 9.17) is 9.31 Å². The van der Waals surface area contributed by atoms with Gasteiger partial charge in [-0.3, -0.25) is 0 Å². The number of benzene rings is 2. The van der Waals surface area contributed by atoms with E-state index in [2.05, 4.69) is 0 Å². The van der Waals surface area contributed by atoms with Gasteiger partial charge in [-0.15, -0.1) is 23.5 Å².